The highest BCUT2D eigenvalue weighted by Crippen LogP contribution is 2.40. The van der Waals surface area contributed by atoms with Gasteiger partial charge in [-0.05, 0) is 86.9 Å². The van der Waals surface area contributed by atoms with Gasteiger partial charge in [-0.2, -0.15) is 0 Å². The average Bonchev–Trinajstić information content (AvgIpc) is 2.60. The third-order valence-electron chi connectivity index (χ3n) is 6.23. The van der Waals surface area contributed by atoms with Gasteiger partial charge in [0.1, 0.15) is 5.75 Å². The molecule has 0 amide bonds. The van der Waals surface area contributed by atoms with Crippen LogP contribution in [-0.2, 0) is 12.8 Å². The maximum atomic E-state index is 10.2. The Morgan fingerprint density at radius 1 is 1.29 bits per heavy atom. The Morgan fingerprint density at radius 3 is 3.04 bits per heavy atom. The van der Waals surface area contributed by atoms with Crippen molar-refractivity contribution in [1.29, 1.82) is 0 Å². The molecule has 3 aliphatic rings. The number of likely N-dealkylation sites (tertiary alicyclic amines) is 1. The standard InChI is InChI=1S/C20H30N2OS/c1-22-12-14(13-24-20-7-2-3-8-21-20)9-16-10-17-15(11-18(16)22)5-4-6-19(17)23/h4-6,14,16,18,20-21,23H,2-3,7-13H2,1H3/t14-,16-,18-,20?/m0/s1. The second-order valence-electron chi connectivity index (χ2n) is 7.96. The number of likely N-dealkylation sites (N-methyl/N-ethyl adjacent to an activating group) is 1. The van der Waals surface area contributed by atoms with Crippen molar-refractivity contribution in [2.75, 3.05) is 25.9 Å². The quantitative estimate of drug-likeness (QED) is 0.881. The highest BCUT2D eigenvalue weighted by Gasteiger charge is 2.38. The topological polar surface area (TPSA) is 35.5 Å². The van der Waals surface area contributed by atoms with Gasteiger partial charge in [0.2, 0.25) is 0 Å². The molecular formula is C20H30N2OS. The first-order valence-electron chi connectivity index (χ1n) is 9.55. The summed E-state index contributed by atoms with van der Waals surface area (Å²) in [6.45, 7) is 2.43. The van der Waals surface area contributed by atoms with Crippen LogP contribution in [0.25, 0.3) is 0 Å². The lowest BCUT2D eigenvalue weighted by Crippen LogP contribution is -2.50. The Balaban J connectivity index is 1.39. The summed E-state index contributed by atoms with van der Waals surface area (Å²) in [6, 6.07) is 6.71. The third kappa shape index (κ3) is 3.47. The SMILES string of the molecule is CN1C[C@@H](CSC2CCCCN2)C[C@H]2Cc3c(O)cccc3C[C@@H]21. The largest absolute Gasteiger partial charge is 0.508 e. The van der Waals surface area contributed by atoms with Crippen molar-refractivity contribution < 1.29 is 5.11 Å². The molecule has 2 saturated heterocycles. The molecule has 1 aromatic rings. The molecule has 0 radical (unpaired) electrons. The van der Waals surface area contributed by atoms with E-state index in [1.165, 1.54) is 55.7 Å². The minimum atomic E-state index is 0.511. The molecule has 4 rings (SSSR count). The zero-order valence-electron chi connectivity index (χ0n) is 14.7. The zero-order valence-corrected chi connectivity index (χ0v) is 15.5. The molecule has 2 fully saturated rings. The average molecular weight is 347 g/mol. The Kier molecular flexibility index (Phi) is 5.07. The first-order chi connectivity index (χ1) is 11.7. The zero-order chi connectivity index (χ0) is 16.5. The normalized spacial score (nSPS) is 33.7. The summed E-state index contributed by atoms with van der Waals surface area (Å²) in [5, 5.41) is 14.6. The van der Waals surface area contributed by atoms with E-state index in [0.29, 0.717) is 23.1 Å². The fraction of sp³-hybridized carbons (Fsp3) is 0.700. The molecule has 0 saturated carbocycles. The fourth-order valence-corrected chi connectivity index (χ4v) is 6.29. The molecule has 2 heterocycles. The molecule has 0 spiro atoms. The molecule has 1 aliphatic carbocycles. The minimum absolute atomic E-state index is 0.511. The third-order valence-corrected chi connectivity index (χ3v) is 7.70. The van der Waals surface area contributed by atoms with Crippen LogP contribution in [0.1, 0.15) is 36.8 Å². The van der Waals surface area contributed by atoms with Gasteiger partial charge in [-0.1, -0.05) is 12.1 Å². The number of rotatable bonds is 3. The van der Waals surface area contributed by atoms with Gasteiger partial charge in [-0.25, -0.2) is 0 Å². The van der Waals surface area contributed by atoms with E-state index in [1.54, 1.807) is 0 Å². The number of benzene rings is 1. The van der Waals surface area contributed by atoms with E-state index >= 15 is 0 Å². The van der Waals surface area contributed by atoms with Crippen LogP contribution in [0.4, 0.5) is 0 Å². The molecule has 3 nitrogen and oxygen atoms in total. The second kappa shape index (κ2) is 7.27. The number of aromatic hydroxyl groups is 1. The number of phenols is 1. The summed E-state index contributed by atoms with van der Waals surface area (Å²) >= 11 is 2.15. The van der Waals surface area contributed by atoms with Gasteiger partial charge in [0, 0.05) is 12.6 Å². The molecule has 0 bridgehead atoms. The fourth-order valence-electron chi connectivity index (χ4n) is 4.97. The molecule has 1 aromatic carbocycles. The van der Waals surface area contributed by atoms with Crippen molar-refractivity contribution in [3.8, 4) is 5.75 Å². The van der Waals surface area contributed by atoms with Gasteiger partial charge in [-0.15, -0.1) is 11.8 Å². The van der Waals surface area contributed by atoms with Crippen molar-refractivity contribution in [2.24, 2.45) is 11.8 Å². The van der Waals surface area contributed by atoms with Crippen LogP contribution < -0.4 is 5.32 Å². The lowest BCUT2D eigenvalue weighted by Gasteiger charge is -2.46. The van der Waals surface area contributed by atoms with E-state index in [1.807, 2.05) is 12.1 Å². The summed E-state index contributed by atoms with van der Waals surface area (Å²) in [5.74, 6) is 3.28. The van der Waals surface area contributed by atoms with Crippen molar-refractivity contribution in [3.05, 3.63) is 29.3 Å². The van der Waals surface area contributed by atoms with Crippen molar-refractivity contribution in [1.82, 2.24) is 10.2 Å². The Morgan fingerprint density at radius 2 is 2.21 bits per heavy atom. The number of piperidine rings is 2. The molecule has 0 aromatic heterocycles. The van der Waals surface area contributed by atoms with E-state index < -0.39 is 0 Å². The lowest BCUT2D eigenvalue weighted by atomic mass is 9.73. The van der Waals surface area contributed by atoms with Crippen LogP contribution in [0, 0.1) is 11.8 Å². The molecule has 2 aliphatic heterocycles. The van der Waals surface area contributed by atoms with E-state index in [2.05, 4.69) is 35.1 Å². The Labute approximate surface area is 150 Å². The van der Waals surface area contributed by atoms with Gasteiger partial charge in [-0.3, -0.25) is 0 Å². The number of hydrogen-bond donors (Lipinski definition) is 2. The summed E-state index contributed by atoms with van der Waals surface area (Å²) in [6.07, 6.45) is 7.55. The van der Waals surface area contributed by atoms with E-state index in [4.69, 9.17) is 0 Å². The van der Waals surface area contributed by atoms with Crippen LogP contribution in [0.2, 0.25) is 0 Å². The maximum Gasteiger partial charge on any atom is 0.119 e. The first kappa shape index (κ1) is 16.7. The molecular weight excluding hydrogens is 316 g/mol. The van der Waals surface area contributed by atoms with Gasteiger partial charge in [0.05, 0.1) is 5.37 Å². The van der Waals surface area contributed by atoms with Gasteiger partial charge in [0.15, 0.2) is 0 Å². The second-order valence-corrected chi connectivity index (χ2v) is 9.20. The van der Waals surface area contributed by atoms with Crippen LogP contribution >= 0.6 is 11.8 Å². The highest BCUT2D eigenvalue weighted by atomic mass is 32.2. The van der Waals surface area contributed by atoms with Crippen molar-refractivity contribution >= 4 is 11.8 Å². The number of thioether (sulfide) groups is 1. The predicted molar refractivity (Wildman–Crippen MR) is 102 cm³/mol. The summed E-state index contributed by atoms with van der Waals surface area (Å²) in [7, 11) is 2.31. The first-order valence-corrected chi connectivity index (χ1v) is 10.6. The monoisotopic (exact) mass is 346 g/mol. The molecule has 132 valence electrons. The minimum Gasteiger partial charge on any atom is -0.508 e. The smallest absolute Gasteiger partial charge is 0.119 e. The van der Waals surface area contributed by atoms with Crippen molar-refractivity contribution in [3.63, 3.8) is 0 Å². The van der Waals surface area contributed by atoms with Crippen LogP contribution in [-0.4, -0.2) is 47.3 Å². The van der Waals surface area contributed by atoms with E-state index in [-0.39, 0.29) is 0 Å². The van der Waals surface area contributed by atoms with Crippen LogP contribution in [0.5, 0.6) is 5.75 Å². The highest BCUT2D eigenvalue weighted by molar-refractivity contribution is 7.99. The summed E-state index contributed by atoms with van der Waals surface area (Å²) < 4.78 is 0. The number of nitrogens with zero attached hydrogens (tertiary/aromatic N) is 1. The van der Waals surface area contributed by atoms with Crippen LogP contribution in [0.15, 0.2) is 18.2 Å². The molecule has 1 unspecified atom stereocenters. The lowest BCUT2D eigenvalue weighted by molar-refractivity contribution is 0.0791. The van der Waals surface area contributed by atoms with E-state index in [9.17, 15) is 5.11 Å². The molecule has 24 heavy (non-hydrogen) atoms. The van der Waals surface area contributed by atoms with Gasteiger partial charge in [0.25, 0.3) is 0 Å². The Hall–Kier alpha value is -0.710. The van der Waals surface area contributed by atoms with Gasteiger partial charge < -0.3 is 15.3 Å². The summed E-state index contributed by atoms with van der Waals surface area (Å²) in [4.78, 5) is 2.60. The molecule has 2 N–H and O–H groups in total. The molecule has 4 heteroatoms. The predicted octanol–water partition coefficient (Wildman–Crippen LogP) is 3.26. The number of hydrogen-bond acceptors (Lipinski definition) is 4. The molecule has 4 atom stereocenters. The number of phenolic OH excluding ortho intramolecular Hbond substituents is 1. The van der Waals surface area contributed by atoms with E-state index in [0.717, 1.165) is 18.8 Å². The number of nitrogens with one attached hydrogen (secondary N) is 1. The Bertz CT molecular complexity index is 573. The van der Waals surface area contributed by atoms with Crippen LogP contribution in [0.3, 0.4) is 0 Å². The number of fused-ring (bicyclic) bond motifs is 2. The maximum absolute atomic E-state index is 10.2. The van der Waals surface area contributed by atoms with Crippen molar-refractivity contribution in [2.45, 2.75) is 49.9 Å². The summed E-state index contributed by atoms with van der Waals surface area (Å²) in [5.41, 5.74) is 2.58. The van der Waals surface area contributed by atoms with Gasteiger partial charge >= 0.3 is 0 Å².